The summed E-state index contributed by atoms with van der Waals surface area (Å²) < 4.78 is 0. The van der Waals surface area contributed by atoms with Gasteiger partial charge in [-0.25, -0.2) is 5.01 Å². The van der Waals surface area contributed by atoms with Crippen molar-refractivity contribution in [2.75, 3.05) is 0 Å². The van der Waals surface area contributed by atoms with E-state index >= 15 is 0 Å². The minimum Gasteiger partial charge on any atom is -0.383 e. The van der Waals surface area contributed by atoms with Crippen LogP contribution in [0.1, 0.15) is 6.92 Å². The number of hydrazine groups is 1. The Morgan fingerprint density at radius 2 is 1.88 bits per heavy atom. The monoisotopic (exact) mass is 319 g/mol. The van der Waals surface area contributed by atoms with Crippen LogP contribution in [0.25, 0.3) is 10.9 Å². The number of aromatic nitrogens is 1. The lowest BCUT2D eigenvalue weighted by atomic mass is 9.96. The molecule has 1 amide bonds. The minimum atomic E-state index is -1.87. The molecular weight excluding hydrogens is 306 g/mol. The molecule has 0 saturated carbocycles. The zero-order valence-electron chi connectivity index (χ0n) is 12.7. The quantitative estimate of drug-likeness (QED) is 0.660. The highest BCUT2D eigenvalue weighted by Gasteiger charge is 2.47. The number of aromatic amines is 1. The summed E-state index contributed by atoms with van der Waals surface area (Å²) in [6, 6.07) is 15.2. The van der Waals surface area contributed by atoms with E-state index in [2.05, 4.69) is 28.6 Å². The highest BCUT2D eigenvalue weighted by Crippen LogP contribution is 2.25. The predicted molar refractivity (Wildman–Crippen MR) is 84.7 cm³/mol. The number of nitrogens with one attached hydrogen (secondary N) is 2. The summed E-state index contributed by atoms with van der Waals surface area (Å²) in [5, 5.41) is 28.5. The van der Waals surface area contributed by atoms with Crippen molar-refractivity contribution in [3.8, 4) is 18.2 Å². The Hall–Kier alpha value is -3.80. The predicted octanol–water partition coefficient (Wildman–Crippen LogP) is 1.00. The second kappa shape index (κ2) is 6.53. The molecule has 24 heavy (non-hydrogen) atoms. The summed E-state index contributed by atoms with van der Waals surface area (Å²) in [4.78, 5) is 14.2. The van der Waals surface area contributed by atoms with Crippen LogP contribution in [-0.4, -0.2) is 21.4 Å². The van der Waals surface area contributed by atoms with Crippen LogP contribution in [-0.2, 0) is 4.79 Å². The molecule has 0 bridgehead atoms. The van der Waals surface area contributed by atoms with Gasteiger partial charge in [-0.05, 0) is 17.5 Å². The topological polar surface area (TPSA) is 146 Å². The normalized spacial score (nSPS) is 15.0. The summed E-state index contributed by atoms with van der Waals surface area (Å²) in [5.74, 6) is -0.722. The van der Waals surface area contributed by atoms with E-state index in [-0.39, 0.29) is 11.4 Å². The van der Waals surface area contributed by atoms with Crippen molar-refractivity contribution in [1.82, 2.24) is 15.4 Å². The number of H-pyrrole nitrogens is 1. The SMILES string of the molecule is CC(=O)N1NC(C#N)(C#N)C(C#N)=C1N.c1ccc2[nH]ccc2c1. The van der Waals surface area contributed by atoms with Crippen LogP contribution in [0.4, 0.5) is 0 Å². The van der Waals surface area contributed by atoms with Gasteiger partial charge in [0.15, 0.2) is 0 Å². The van der Waals surface area contributed by atoms with Gasteiger partial charge >= 0.3 is 0 Å². The Morgan fingerprint density at radius 3 is 2.38 bits per heavy atom. The molecule has 0 fully saturated rings. The number of nitrogens with two attached hydrogens (primary N) is 1. The van der Waals surface area contributed by atoms with Crippen LogP contribution in [0.5, 0.6) is 0 Å². The van der Waals surface area contributed by atoms with Crippen molar-refractivity contribution in [2.24, 2.45) is 5.73 Å². The van der Waals surface area contributed by atoms with Crippen LogP contribution in [0.3, 0.4) is 0 Å². The van der Waals surface area contributed by atoms with Gasteiger partial charge in [-0.2, -0.15) is 21.2 Å². The number of hydrogen-bond donors (Lipinski definition) is 3. The maximum Gasteiger partial charge on any atom is 0.249 e. The van der Waals surface area contributed by atoms with E-state index in [9.17, 15) is 4.79 Å². The number of fused-ring (bicyclic) bond motifs is 1. The maximum absolute atomic E-state index is 11.1. The van der Waals surface area contributed by atoms with Crippen LogP contribution >= 0.6 is 0 Å². The van der Waals surface area contributed by atoms with E-state index in [1.165, 1.54) is 17.8 Å². The summed E-state index contributed by atoms with van der Waals surface area (Å²) in [5.41, 5.74) is 6.83. The van der Waals surface area contributed by atoms with Crippen molar-refractivity contribution in [3.63, 3.8) is 0 Å². The fourth-order valence-electron chi connectivity index (χ4n) is 2.16. The molecular formula is C16H13N7O. The van der Waals surface area contributed by atoms with Crippen LogP contribution in [0.15, 0.2) is 47.9 Å². The fourth-order valence-corrected chi connectivity index (χ4v) is 2.16. The van der Waals surface area contributed by atoms with E-state index < -0.39 is 11.4 Å². The standard InChI is InChI=1S/C8H6N6O.C8H7N/c1-5(15)14-7(12)6(2-9)8(3-10,4-11)13-14;1-2-4-8-7(3-1)5-6-9-8/h13H,12H2,1H3;1-6,9H. The number of carbonyl (C=O) groups is 1. The molecule has 0 spiro atoms. The van der Waals surface area contributed by atoms with Crippen LogP contribution in [0.2, 0.25) is 0 Å². The third-order valence-electron chi connectivity index (χ3n) is 3.38. The molecule has 3 rings (SSSR count). The summed E-state index contributed by atoms with van der Waals surface area (Å²) in [7, 11) is 0. The first kappa shape index (κ1) is 16.6. The molecule has 1 aliphatic heterocycles. The molecule has 0 aliphatic carbocycles. The van der Waals surface area contributed by atoms with Crippen LogP contribution in [0, 0.1) is 34.0 Å². The van der Waals surface area contributed by atoms with Crippen LogP contribution < -0.4 is 11.2 Å². The highest BCUT2D eigenvalue weighted by molar-refractivity contribution is 5.79. The second-order valence-electron chi connectivity index (χ2n) is 4.88. The zero-order valence-corrected chi connectivity index (χ0v) is 12.7. The lowest BCUT2D eigenvalue weighted by Gasteiger charge is -2.17. The van der Waals surface area contributed by atoms with E-state index in [1.54, 1.807) is 18.2 Å². The average molecular weight is 319 g/mol. The maximum atomic E-state index is 11.1. The molecule has 1 aromatic carbocycles. The Morgan fingerprint density at radius 1 is 1.21 bits per heavy atom. The van der Waals surface area contributed by atoms with Crippen molar-refractivity contribution in [2.45, 2.75) is 12.5 Å². The van der Waals surface area contributed by atoms with E-state index in [4.69, 9.17) is 21.5 Å². The van der Waals surface area contributed by atoms with Gasteiger partial charge in [-0.3, -0.25) is 4.79 Å². The highest BCUT2D eigenvalue weighted by atomic mass is 16.2. The van der Waals surface area contributed by atoms with Gasteiger partial charge < -0.3 is 10.7 Å². The average Bonchev–Trinajstić information content (AvgIpc) is 3.17. The molecule has 0 atom stereocenters. The summed E-state index contributed by atoms with van der Waals surface area (Å²) in [6.45, 7) is 1.19. The number of nitriles is 3. The summed E-state index contributed by atoms with van der Waals surface area (Å²) in [6.07, 6.45) is 1.95. The first-order valence-electron chi connectivity index (χ1n) is 6.82. The number of para-hydroxylation sites is 1. The summed E-state index contributed by atoms with van der Waals surface area (Å²) >= 11 is 0. The molecule has 4 N–H and O–H groups in total. The minimum absolute atomic E-state index is 0.215. The number of carbonyl (C=O) groups excluding carboxylic acids is 1. The van der Waals surface area contributed by atoms with Gasteiger partial charge in [0.05, 0.1) is 0 Å². The molecule has 0 radical (unpaired) electrons. The number of nitrogens with zero attached hydrogens (tertiary/aromatic N) is 4. The number of rotatable bonds is 0. The molecule has 118 valence electrons. The van der Waals surface area contributed by atoms with E-state index in [0.29, 0.717) is 0 Å². The first-order chi connectivity index (χ1) is 11.5. The largest absolute Gasteiger partial charge is 0.383 e. The lowest BCUT2D eigenvalue weighted by Crippen LogP contribution is -2.48. The number of benzene rings is 1. The molecule has 2 aromatic rings. The Balaban J connectivity index is 0.000000194. The van der Waals surface area contributed by atoms with Gasteiger partial charge in [-0.15, -0.1) is 0 Å². The first-order valence-corrected chi connectivity index (χ1v) is 6.82. The molecule has 2 heterocycles. The van der Waals surface area contributed by atoms with E-state index in [1.807, 2.05) is 18.3 Å². The third-order valence-corrected chi connectivity index (χ3v) is 3.38. The number of hydrogen-bond acceptors (Lipinski definition) is 6. The second-order valence-corrected chi connectivity index (χ2v) is 4.88. The Labute approximate surface area is 138 Å². The van der Waals surface area contributed by atoms with Gasteiger partial charge in [0.25, 0.3) is 0 Å². The van der Waals surface area contributed by atoms with Crippen molar-refractivity contribution < 1.29 is 4.79 Å². The fraction of sp³-hybridized carbons (Fsp3) is 0.125. The Bertz CT molecular complexity index is 891. The van der Waals surface area contributed by atoms with Crippen molar-refractivity contribution in [3.05, 3.63) is 47.9 Å². The van der Waals surface area contributed by atoms with Gasteiger partial charge in [0.1, 0.15) is 29.6 Å². The molecule has 1 aromatic heterocycles. The van der Waals surface area contributed by atoms with Crippen molar-refractivity contribution >= 4 is 16.8 Å². The van der Waals surface area contributed by atoms with Crippen molar-refractivity contribution in [1.29, 1.82) is 15.8 Å². The lowest BCUT2D eigenvalue weighted by molar-refractivity contribution is -0.129. The van der Waals surface area contributed by atoms with Gasteiger partial charge in [-0.1, -0.05) is 18.2 Å². The molecule has 0 unspecified atom stereocenters. The smallest absolute Gasteiger partial charge is 0.249 e. The van der Waals surface area contributed by atoms with Gasteiger partial charge in [0.2, 0.25) is 11.4 Å². The number of amides is 1. The third kappa shape index (κ3) is 2.76. The molecule has 8 nitrogen and oxygen atoms in total. The van der Waals surface area contributed by atoms with Gasteiger partial charge in [0, 0.05) is 18.6 Å². The molecule has 0 saturated heterocycles. The Kier molecular flexibility index (Phi) is 4.51. The molecule has 8 heteroatoms. The zero-order chi connectivity index (χ0) is 17.7. The molecule has 1 aliphatic rings. The van der Waals surface area contributed by atoms with E-state index in [0.717, 1.165) is 5.01 Å².